The van der Waals surface area contributed by atoms with E-state index in [4.69, 9.17) is 4.74 Å². The van der Waals surface area contributed by atoms with Gasteiger partial charge in [-0.2, -0.15) is 0 Å². The number of fused-ring (bicyclic) bond motifs is 3. The van der Waals surface area contributed by atoms with Gasteiger partial charge in [-0.15, -0.1) is 5.10 Å². The topological polar surface area (TPSA) is 87.6 Å². The number of ether oxygens (including phenoxy) is 1. The van der Waals surface area contributed by atoms with Gasteiger partial charge in [-0.3, -0.25) is 14.2 Å². The van der Waals surface area contributed by atoms with Gasteiger partial charge in [-0.1, -0.05) is 24.3 Å². The van der Waals surface area contributed by atoms with Crippen LogP contribution in [0.4, 0.5) is 4.39 Å². The molecule has 0 aliphatic rings. The van der Waals surface area contributed by atoms with Crippen molar-refractivity contribution in [2.45, 2.75) is 13.1 Å². The molecule has 2 heterocycles. The Morgan fingerprint density at radius 2 is 1.68 bits per heavy atom. The molecule has 0 spiro atoms. The van der Waals surface area contributed by atoms with Crippen LogP contribution in [0.5, 0.6) is 5.75 Å². The van der Waals surface area contributed by atoms with E-state index >= 15 is 0 Å². The number of carbonyl (C=O) groups excluding carboxylic acids is 1. The third kappa shape index (κ3) is 3.66. The van der Waals surface area contributed by atoms with Gasteiger partial charge in [0.1, 0.15) is 18.1 Å². The molecule has 5 rings (SSSR count). The Balaban J connectivity index is 1.65. The van der Waals surface area contributed by atoms with Gasteiger partial charge in [-0.05, 0) is 54.1 Å². The van der Waals surface area contributed by atoms with Gasteiger partial charge in [0, 0.05) is 5.56 Å². The smallest absolute Gasteiger partial charge is 0.352 e. The van der Waals surface area contributed by atoms with E-state index in [1.165, 1.54) is 28.2 Å². The van der Waals surface area contributed by atoms with Crippen molar-refractivity contribution in [1.82, 2.24) is 18.7 Å². The Morgan fingerprint density at radius 3 is 2.38 bits per heavy atom. The first-order chi connectivity index (χ1) is 16.5. The molecule has 8 nitrogen and oxygen atoms in total. The molecule has 0 bridgehead atoms. The van der Waals surface area contributed by atoms with Gasteiger partial charge < -0.3 is 4.74 Å². The number of aromatic nitrogens is 4. The SMILES string of the molecule is COc1ccc(C(=O)Cn2nc3n(Cc4ccc(F)cc4)c(=O)c4ccccc4n3c2=O)cc1. The number of hydrogen-bond acceptors (Lipinski definition) is 5. The lowest BCUT2D eigenvalue weighted by atomic mass is 10.1. The number of rotatable bonds is 6. The normalized spacial score (nSPS) is 11.2. The molecule has 3 aromatic carbocycles. The van der Waals surface area contributed by atoms with E-state index in [-0.39, 0.29) is 30.2 Å². The van der Waals surface area contributed by atoms with Crippen LogP contribution < -0.4 is 16.0 Å². The van der Waals surface area contributed by atoms with Crippen molar-refractivity contribution in [2.75, 3.05) is 7.11 Å². The molecule has 5 aromatic rings. The summed E-state index contributed by atoms with van der Waals surface area (Å²) in [6, 6.07) is 19.0. The fraction of sp³-hybridized carbons (Fsp3) is 0.120. The van der Waals surface area contributed by atoms with Crippen LogP contribution in [0.1, 0.15) is 15.9 Å². The van der Waals surface area contributed by atoms with Crippen molar-refractivity contribution in [3.8, 4) is 5.75 Å². The summed E-state index contributed by atoms with van der Waals surface area (Å²) in [5.74, 6) is 0.000441. The number of para-hydroxylation sites is 1. The summed E-state index contributed by atoms with van der Waals surface area (Å²) in [7, 11) is 1.53. The Labute approximate surface area is 192 Å². The molecule has 2 aromatic heterocycles. The first kappa shape index (κ1) is 21.3. The third-order valence-electron chi connectivity index (χ3n) is 5.64. The summed E-state index contributed by atoms with van der Waals surface area (Å²) in [6.07, 6.45) is 0. The zero-order chi connectivity index (χ0) is 23.8. The van der Waals surface area contributed by atoms with Gasteiger partial charge in [0.15, 0.2) is 5.78 Å². The number of benzene rings is 3. The van der Waals surface area contributed by atoms with Crippen molar-refractivity contribution in [1.29, 1.82) is 0 Å². The molecule has 0 fully saturated rings. The predicted octanol–water partition coefficient (Wildman–Crippen LogP) is 2.89. The Bertz CT molecular complexity index is 1650. The number of Topliss-reactive ketones (excluding diaryl/α,β-unsaturated/α-hetero) is 1. The molecule has 0 aliphatic heterocycles. The minimum Gasteiger partial charge on any atom is -0.497 e. The van der Waals surface area contributed by atoms with Gasteiger partial charge in [0.2, 0.25) is 5.78 Å². The number of ketones is 1. The van der Waals surface area contributed by atoms with Crippen molar-refractivity contribution >= 4 is 22.5 Å². The highest BCUT2D eigenvalue weighted by molar-refractivity contribution is 5.96. The largest absolute Gasteiger partial charge is 0.497 e. The average molecular weight is 458 g/mol. The Morgan fingerprint density at radius 1 is 0.971 bits per heavy atom. The maximum atomic E-state index is 13.4. The zero-order valence-corrected chi connectivity index (χ0v) is 18.1. The first-order valence-corrected chi connectivity index (χ1v) is 10.5. The van der Waals surface area contributed by atoms with E-state index in [1.807, 2.05) is 0 Å². The van der Waals surface area contributed by atoms with Crippen LogP contribution in [0.3, 0.4) is 0 Å². The fourth-order valence-corrected chi connectivity index (χ4v) is 3.89. The summed E-state index contributed by atoms with van der Waals surface area (Å²) in [5.41, 5.74) is 0.577. The van der Waals surface area contributed by atoms with Crippen LogP contribution in [0.25, 0.3) is 16.7 Å². The number of methoxy groups -OCH3 is 1. The highest BCUT2D eigenvalue weighted by Gasteiger charge is 2.19. The fourth-order valence-electron chi connectivity index (χ4n) is 3.89. The van der Waals surface area contributed by atoms with Crippen LogP contribution in [0, 0.1) is 5.82 Å². The van der Waals surface area contributed by atoms with Crippen molar-refractivity contribution in [3.05, 3.63) is 111 Å². The highest BCUT2D eigenvalue weighted by atomic mass is 19.1. The Hall–Kier alpha value is -4.53. The lowest BCUT2D eigenvalue weighted by molar-refractivity contribution is 0.0966. The summed E-state index contributed by atoms with van der Waals surface area (Å²) in [6.45, 7) is -0.220. The van der Waals surface area contributed by atoms with E-state index in [0.717, 1.165) is 4.68 Å². The van der Waals surface area contributed by atoms with E-state index < -0.39 is 11.5 Å². The summed E-state index contributed by atoms with van der Waals surface area (Å²) >= 11 is 0. The van der Waals surface area contributed by atoms with Crippen molar-refractivity contribution in [3.63, 3.8) is 0 Å². The van der Waals surface area contributed by atoms with Gasteiger partial charge >= 0.3 is 5.69 Å². The third-order valence-corrected chi connectivity index (χ3v) is 5.64. The quantitative estimate of drug-likeness (QED) is 0.365. The zero-order valence-electron chi connectivity index (χ0n) is 18.1. The second-order valence-corrected chi connectivity index (χ2v) is 7.76. The molecule has 0 aliphatic carbocycles. The van der Waals surface area contributed by atoms with Gasteiger partial charge in [0.25, 0.3) is 5.56 Å². The molecule has 0 N–H and O–H groups in total. The molecule has 0 amide bonds. The summed E-state index contributed by atoms with van der Waals surface area (Å²) < 4.78 is 22.2. The summed E-state index contributed by atoms with van der Waals surface area (Å²) in [5, 5.41) is 4.68. The molecule has 0 unspecified atom stereocenters. The van der Waals surface area contributed by atoms with Crippen molar-refractivity contribution < 1.29 is 13.9 Å². The lowest BCUT2D eigenvalue weighted by Gasteiger charge is -2.09. The van der Waals surface area contributed by atoms with Crippen LogP contribution >= 0.6 is 0 Å². The van der Waals surface area contributed by atoms with E-state index in [0.29, 0.717) is 27.8 Å². The Kier molecular flexibility index (Phi) is 5.29. The van der Waals surface area contributed by atoms with Gasteiger partial charge in [0.05, 0.1) is 24.6 Å². The second-order valence-electron chi connectivity index (χ2n) is 7.76. The van der Waals surface area contributed by atoms with E-state index in [2.05, 4.69) is 5.10 Å². The summed E-state index contributed by atoms with van der Waals surface area (Å²) in [4.78, 5) is 39.4. The standard InChI is InChI=1S/C25H19FN4O4/c1-34-19-12-8-17(9-13-19)22(31)15-29-25(33)30-21-5-3-2-4-20(21)23(32)28(24(30)27-29)14-16-6-10-18(26)11-7-16/h2-13H,14-15H2,1H3. The molecular formula is C25H19FN4O4. The molecule has 34 heavy (non-hydrogen) atoms. The maximum absolute atomic E-state index is 13.4. The van der Waals surface area contributed by atoms with Crippen LogP contribution in [-0.4, -0.2) is 31.6 Å². The van der Waals surface area contributed by atoms with E-state index in [9.17, 15) is 18.8 Å². The maximum Gasteiger partial charge on any atom is 0.352 e. The van der Waals surface area contributed by atoms with Crippen LogP contribution in [-0.2, 0) is 13.1 Å². The highest BCUT2D eigenvalue weighted by Crippen LogP contribution is 2.14. The molecule has 0 saturated carbocycles. The predicted molar refractivity (Wildman–Crippen MR) is 124 cm³/mol. The number of hydrogen-bond donors (Lipinski definition) is 0. The lowest BCUT2D eigenvalue weighted by Crippen LogP contribution is -2.27. The van der Waals surface area contributed by atoms with Crippen molar-refractivity contribution in [2.24, 2.45) is 0 Å². The van der Waals surface area contributed by atoms with Crippen LogP contribution in [0.15, 0.2) is 82.4 Å². The first-order valence-electron chi connectivity index (χ1n) is 10.5. The molecular weight excluding hydrogens is 439 g/mol. The van der Waals surface area contributed by atoms with E-state index in [1.54, 1.807) is 60.7 Å². The minimum absolute atomic E-state index is 0.0797. The molecule has 0 atom stereocenters. The molecule has 9 heteroatoms. The number of nitrogens with zero attached hydrogens (tertiary/aromatic N) is 4. The number of halogens is 1. The molecule has 170 valence electrons. The van der Waals surface area contributed by atoms with Gasteiger partial charge in [-0.25, -0.2) is 18.3 Å². The molecule has 0 radical (unpaired) electrons. The number of carbonyl (C=O) groups is 1. The monoisotopic (exact) mass is 458 g/mol. The second kappa shape index (κ2) is 8.43. The molecule has 0 saturated heterocycles. The minimum atomic E-state index is -0.541. The average Bonchev–Trinajstić information content (AvgIpc) is 3.18. The van der Waals surface area contributed by atoms with Crippen LogP contribution in [0.2, 0.25) is 0 Å².